The van der Waals surface area contributed by atoms with Crippen molar-refractivity contribution in [3.63, 3.8) is 0 Å². The smallest absolute Gasteiger partial charge is 0.268 e. The molecular weight excluding hydrogens is 286 g/mol. The van der Waals surface area contributed by atoms with Crippen LogP contribution in [0.25, 0.3) is 10.9 Å². The molecular formula is C15H17N3O2S. The number of nitrogens with zero attached hydrogens (tertiary/aromatic N) is 2. The maximum atomic E-state index is 12.8. The van der Waals surface area contributed by atoms with Gasteiger partial charge in [-0.2, -0.15) is 0 Å². The molecule has 0 radical (unpaired) electrons. The van der Waals surface area contributed by atoms with Crippen molar-refractivity contribution in [1.82, 2.24) is 8.54 Å². The predicted octanol–water partition coefficient (Wildman–Crippen LogP) is 1.72. The molecule has 0 amide bonds. The molecule has 0 aliphatic heterocycles. The maximum Gasteiger partial charge on any atom is 0.268 e. The molecule has 0 bridgehead atoms. The summed E-state index contributed by atoms with van der Waals surface area (Å²) in [4.78, 5) is 0.282. The highest BCUT2D eigenvalue weighted by atomic mass is 32.2. The van der Waals surface area contributed by atoms with E-state index in [1.54, 1.807) is 36.5 Å². The van der Waals surface area contributed by atoms with Crippen LogP contribution in [-0.2, 0) is 23.5 Å². The van der Waals surface area contributed by atoms with Crippen molar-refractivity contribution in [2.24, 2.45) is 12.8 Å². The maximum absolute atomic E-state index is 12.8. The Balaban J connectivity index is 2.25. The van der Waals surface area contributed by atoms with Gasteiger partial charge in [0.2, 0.25) is 0 Å². The van der Waals surface area contributed by atoms with Gasteiger partial charge in [0.1, 0.15) is 0 Å². The Bertz CT molecular complexity index is 876. The first-order valence-electron chi connectivity index (χ1n) is 6.70. The minimum absolute atomic E-state index is 0.282. The average Bonchev–Trinajstić information content (AvgIpc) is 2.99. The Kier molecular flexibility index (Phi) is 3.35. The van der Waals surface area contributed by atoms with Gasteiger partial charge in [0.25, 0.3) is 10.0 Å². The largest absolute Gasteiger partial charge is 0.354 e. The van der Waals surface area contributed by atoms with Crippen LogP contribution in [0.4, 0.5) is 0 Å². The highest BCUT2D eigenvalue weighted by molar-refractivity contribution is 7.90. The second-order valence-electron chi connectivity index (χ2n) is 5.03. The molecule has 3 aromatic rings. The third-order valence-corrected chi connectivity index (χ3v) is 5.19. The number of aromatic nitrogens is 2. The first-order chi connectivity index (χ1) is 10.0. The summed E-state index contributed by atoms with van der Waals surface area (Å²) in [6.07, 6.45) is 6.07. The lowest BCUT2D eigenvalue weighted by atomic mass is 10.2. The molecule has 21 heavy (non-hydrogen) atoms. The van der Waals surface area contributed by atoms with Gasteiger partial charge in [-0.05, 0) is 30.7 Å². The van der Waals surface area contributed by atoms with Crippen molar-refractivity contribution in [2.75, 3.05) is 6.54 Å². The third kappa shape index (κ3) is 2.26. The minimum Gasteiger partial charge on any atom is -0.354 e. The molecule has 2 aromatic heterocycles. The topological polar surface area (TPSA) is 70.0 Å². The first kappa shape index (κ1) is 13.9. The van der Waals surface area contributed by atoms with Gasteiger partial charge >= 0.3 is 0 Å². The van der Waals surface area contributed by atoms with E-state index in [9.17, 15) is 8.42 Å². The highest BCUT2D eigenvalue weighted by Gasteiger charge is 2.21. The number of benzene rings is 1. The van der Waals surface area contributed by atoms with Crippen LogP contribution in [0.1, 0.15) is 5.56 Å². The van der Waals surface area contributed by atoms with Crippen LogP contribution in [0.2, 0.25) is 0 Å². The molecule has 0 fully saturated rings. The van der Waals surface area contributed by atoms with Gasteiger partial charge in [-0.25, -0.2) is 12.4 Å². The van der Waals surface area contributed by atoms with E-state index in [0.29, 0.717) is 18.5 Å². The molecule has 2 N–H and O–H groups in total. The fourth-order valence-electron chi connectivity index (χ4n) is 2.53. The SMILES string of the molecule is Cn1cc2c(CCN)cn(S(=O)(=O)c3ccccc3)c2c1. The van der Waals surface area contributed by atoms with E-state index >= 15 is 0 Å². The van der Waals surface area contributed by atoms with Gasteiger partial charge in [0.15, 0.2) is 0 Å². The standard InChI is InChI=1S/C15H17N3O2S/c1-17-10-14-12(7-8-16)9-18(15(14)11-17)21(19,20)13-5-3-2-4-6-13/h2-6,9-11H,7-8,16H2,1H3. The molecule has 110 valence electrons. The first-order valence-corrected chi connectivity index (χ1v) is 8.14. The van der Waals surface area contributed by atoms with Gasteiger partial charge in [-0.3, -0.25) is 0 Å². The van der Waals surface area contributed by atoms with Gasteiger partial charge in [-0.15, -0.1) is 0 Å². The highest BCUT2D eigenvalue weighted by Crippen LogP contribution is 2.26. The molecule has 0 aliphatic carbocycles. The van der Waals surface area contributed by atoms with Crippen molar-refractivity contribution in [3.8, 4) is 0 Å². The molecule has 6 heteroatoms. The Morgan fingerprint density at radius 2 is 1.81 bits per heavy atom. The fraction of sp³-hybridized carbons (Fsp3) is 0.200. The van der Waals surface area contributed by atoms with E-state index in [0.717, 1.165) is 10.9 Å². The van der Waals surface area contributed by atoms with Crippen LogP contribution in [0, 0.1) is 0 Å². The number of aryl methyl sites for hydroxylation is 1. The number of nitrogens with two attached hydrogens (primary N) is 1. The third-order valence-electron chi connectivity index (χ3n) is 3.50. The Morgan fingerprint density at radius 3 is 2.48 bits per heavy atom. The molecule has 0 aliphatic rings. The average molecular weight is 303 g/mol. The zero-order chi connectivity index (χ0) is 15.0. The predicted molar refractivity (Wildman–Crippen MR) is 82.7 cm³/mol. The molecule has 1 aromatic carbocycles. The molecule has 0 spiro atoms. The van der Waals surface area contributed by atoms with Crippen molar-refractivity contribution in [1.29, 1.82) is 0 Å². The van der Waals surface area contributed by atoms with Gasteiger partial charge in [0.05, 0.1) is 10.4 Å². The van der Waals surface area contributed by atoms with E-state index in [2.05, 4.69) is 0 Å². The van der Waals surface area contributed by atoms with Crippen molar-refractivity contribution >= 4 is 20.9 Å². The summed E-state index contributed by atoms with van der Waals surface area (Å²) in [5.41, 5.74) is 7.26. The molecule has 0 atom stereocenters. The monoisotopic (exact) mass is 303 g/mol. The van der Waals surface area contributed by atoms with Crippen LogP contribution in [0.5, 0.6) is 0 Å². The van der Waals surface area contributed by atoms with E-state index in [4.69, 9.17) is 5.73 Å². The van der Waals surface area contributed by atoms with E-state index in [1.807, 2.05) is 24.0 Å². The number of fused-ring (bicyclic) bond motifs is 1. The van der Waals surface area contributed by atoms with Crippen LogP contribution >= 0.6 is 0 Å². The second-order valence-corrected chi connectivity index (χ2v) is 6.84. The zero-order valence-electron chi connectivity index (χ0n) is 11.7. The van der Waals surface area contributed by atoms with E-state index in [-0.39, 0.29) is 4.90 Å². The number of hydrogen-bond acceptors (Lipinski definition) is 3. The normalized spacial score (nSPS) is 12.1. The molecule has 0 saturated carbocycles. The lowest BCUT2D eigenvalue weighted by Crippen LogP contribution is -2.12. The Labute approximate surface area is 123 Å². The molecule has 0 unspecified atom stereocenters. The van der Waals surface area contributed by atoms with Crippen molar-refractivity contribution in [3.05, 3.63) is 54.5 Å². The van der Waals surface area contributed by atoms with Gasteiger partial charge in [0, 0.05) is 31.0 Å². The Hall–Kier alpha value is -2.05. The molecule has 5 nitrogen and oxygen atoms in total. The quantitative estimate of drug-likeness (QED) is 0.798. The fourth-order valence-corrected chi connectivity index (χ4v) is 3.93. The summed E-state index contributed by atoms with van der Waals surface area (Å²) >= 11 is 0. The molecule has 2 heterocycles. The lowest BCUT2D eigenvalue weighted by Gasteiger charge is -2.06. The van der Waals surface area contributed by atoms with E-state index < -0.39 is 10.0 Å². The number of rotatable bonds is 4. The van der Waals surface area contributed by atoms with Crippen LogP contribution in [0.3, 0.4) is 0 Å². The molecule has 0 saturated heterocycles. The summed E-state index contributed by atoms with van der Waals surface area (Å²) in [6.45, 7) is 0.486. The summed E-state index contributed by atoms with van der Waals surface area (Å²) < 4.78 is 28.8. The molecule has 3 rings (SSSR count). The summed E-state index contributed by atoms with van der Waals surface area (Å²) in [5.74, 6) is 0. The lowest BCUT2D eigenvalue weighted by molar-refractivity contribution is 0.589. The van der Waals surface area contributed by atoms with E-state index in [1.165, 1.54) is 3.97 Å². The summed E-state index contributed by atoms with van der Waals surface area (Å²) in [7, 11) is -1.71. The van der Waals surface area contributed by atoms with Gasteiger partial charge in [-0.1, -0.05) is 18.2 Å². The van der Waals surface area contributed by atoms with Crippen LogP contribution in [-0.4, -0.2) is 23.5 Å². The summed E-state index contributed by atoms with van der Waals surface area (Å²) in [6, 6.07) is 8.45. The van der Waals surface area contributed by atoms with Crippen LogP contribution in [0.15, 0.2) is 53.8 Å². The zero-order valence-corrected chi connectivity index (χ0v) is 12.5. The second kappa shape index (κ2) is 5.05. The minimum atomic E-state index is -3.59. The summed E-state index contributed by atoms with van der Waals surface area (Å²) in [5, 5.41) is 0.933. The van der Waals surface area contributed by atoms with Crippen LogP contribution < -0.4 is 5.73 Å². The van der Waals surface area contributed by atoms with Gasteiger partial charge < -0.3 is 10.3 Å². The van der Waals surface area contributed by atoms with Crippen molar-refractivity contribution in [2.45, 2.75) is 11.3 Å². The van der Waals surface area contributed by atoms with Crippen molar-refractivity contribution < 1.29 is 8.42 Å². The number of hydrogen-bond donors (Lipinski definition) is 1. The Morgan fingerprint density at radius 1 is 1.10 bits per heavy atom.